The van der Waals surface area contributed by atoms with E-state index in [9.17, 15) is 0 Å². The van der Waals surface area contributed by atoms with Gasteiger partial charge in [-0.1, -0.05) is 161 Å². The Bertz CT molecular complexity index is 2870. The van der Waals surface area contributed by atoms with Crippen molar-refractivity contribution in [1.29, 1.82) is 0 Å². The van der Waals surface area contributed by atoms with Gasteiger partial charge in [-0.15, -0.1) is 0 Å². The lowest BCUT2D eigenvalue weighted by Gasteiger charge is -2.35. The molecule has 0 aromatic heterocycles. The van der Waals surface area contributed by atoms with Gasteiger partial charge in [0.05, 0.1) is 11.4 Å². The molecule has 294 valence electrons. The van der Waals surface area contributed by atoms with Crippen molar-refractivity contribution in [3.05, 3.63) is 222 Å². The summed E-state index contributed by atoms with van der Waals surface area (Å²) in [6.45, 7) is 9.46. The van der Waals surface area contributed by atoms with Crippen molar-refractivity contribution in [3.63, 3.8) is 0 Å². The number of hydrogen-bond acceptors (Lipinski definition) is 2. The summed E-state index contributed by atoms with van der Waals surface area (Å²) >= 11 is 0. The molecule has 0 fully saturated rings. The molecule has 1 atom stereocenters. The van der Waals surface area contributed by atoms with Crippen LogP contribution < -0.4 is 9.80 Å². The molecule has 0 spiro atoms. The Labute approximate surface area is 355 Å². The van der Waals surface area contributed by atoms with Gasteiger partial charge >= 0.3 is 0 Å². The lowest BCUT2D eigenvalue weighted by molar-refractivity contribution is 0.828. The van der Waals surface area contributed by atoms with Gasteiger partial charge in [0.25, 0.3) is 0 Å². The average Bonchev–Trinajstić information content (AvgIpc) is 3.30. The Balaban J connectivity index is 1.22. The Hall–Kier alpha value is -6.64. The van der Waals surface area contributed by atoms with Gasteiger partial charge in [-0.25, -0.2) is 0 Å². The van der Waals surface area contributed by atoms with Crippen LogP contribution in [0.4, 0.5) is 28.4 Å². The standard InChI is InChI=1S/C58H52N2/c1-39(2)53-37-55(59(45-21-13-7-14-22-45)47-29-25-43(26-30-47)41-17-9-5-10-18-41)51-36-34-50-54(40(3)4)38-56(52-35-33-49(53)57(51)58(50)52)60(46-23-15-8-16-24-46)48-31-27-44(28-32-48)42-19-11-6-12-20-42/h5-27,29-32,34,36-40,44H,28,33,35H2,1-4H3. The van der Waals surface area contributed by atoms with E-state index in [1.54, 1.807) is 0 Å². The first-order valence-electron chi connectivity index (χ1n) is 21.8. The number of nitrogens with zero attached hydrogens (tertiary/aromatic N) is 2. The molecule has 0 bridgehead atoms. The van der Waals surface area contributed by atoms with Gasteiger partial charge in [0.1, 0.15) is 0 Å². The zero-order valence-corrected chi connectivity index (χ0v) is 35.1. The fourth-order valence-corrected chi connectivity index (χ4v) is 9.89. The maximum atomic E-state index is 2.56. The summed E-state index contributed by atoms with van der Waals surface area (Å²) in [5, 5.41) is 5.53. The van der Waals surface area contributed by atoms with Gasteiger partial charge in [-0.05, 0) is 141 Å². The molecule has 0 aliphatic heterocycles. The van der Waals surface area contributed by atoms with Crippen LogP contribution in [0.5, 0.6) is 0 Å². The van der Waals surface area contributed by atoms with Crippen LogP contribution in [-0.4, -0.2) is 0 Å². The number of hydrogen-bond donors (Lipinski definition) is 0. The molecule has 8 aromatic carbocycles. The Morgan fingerprint density at radius 3 is 1.60 bits per heavy atom. The fraction of sp³-hybridized carbons (Fsp3) is 0.172. The Morgan fingerprint density at radius 2 is 0.983 bits per heavy atom. The molecule has 10 rings (SSSR count). The SMILES string of the molecule is CC(C)c1cc(N(c2ccccc2)c2ccc(-c3ccccc3)cc2)c2ccc3c(C(C)C)cc(N(C4=CCC(c5ccccc5)C=C4)c4ccccc4)c4c3c2c1CC4. The minimum atomic E-state index is 0.341. The van der Waals surface area contributed by atoms with Crippen LogP contribution >= 0.6 is 0 Å². The van der Waals surface area contributed by atoms with E-state index in [4.69, 9.17) is 0 Å². The molecule has 0 saturated carbocycles. The van der Waals surface area contributed by atoms with Crippen LogP contribution in [0.25, 0.3) is 32.7 Å². The van der Waals surface area contributed by atoms with Crippen LogP contribution in [0, 0.1) is 0 Å². The van der Waals surface area contributed by atoms with Gasteiger partial charge in [0.15, 0.2) is 0 Å². The molecule has 2 aliphatic carbocycles. The maximum absolute atomic E-state index is 2.56. The number of rotatable bonds is 10. The molecule has 2 heteroatoms. The van der Waals surface area contributed by atoms with Crippen LogP contribution in [0.3, 0.4) is 0 Å². The Morgan fingerprint density at radius 1 is 0.467 bits per heavy atom. The van der Waals surface area contributed by atoms with Crippen molar-refractivity contribution in [1.82, 2.24) is 0 Å². The molecule has 1 unspecified atom stereocenters. The van der Waals surface area contributed by atoms with E-state index in [1.165, 1.54) is 83.2 Å². The molecule has 0 radical (unpaired) electrons. The van der Waals surface area contributed by atoms with Gasteiger partial charge < -0.3 is 9.80 Å². The van der Waals surface area contributed by atoms with E-state index < -0.39 is 0 Å². The highest BCUT2D eigenvalue weighted by molar-refractivity contribution is 6.19. The number of anilines is 5. The Kier molecular flexibility index (Phi) is 9.94. The molecule has 60 heavy (non-hydrogen) atoms. The second-order valence-electron chi connectivity index (χ2n) is 17.1. The zero-order chi connectivity index (χ0) is 40.7. The monoisotopic (exact) mass is 776 g/mol. The van der Waals surface area contributed by atoms with Gasteiger partial charge in [-0.2, -0.15) is 0 Å². The van der Waals surface area contributed by atoms with Crippen molar-refractivity contribution in [2.45, 2.75) is 64.7 Å². The van der Waals surface area contributed by atoms with E-state index in [0.29, 0.717) is 17.8 Å². The van der Waals surface area contributed by atoms with E-state index in [0.717, 1.165) is 30.6 Å². The first-order valence-corrected chi connectivity index (χ1v) is 21.8. The topological polar surface area (TPSA) is 6.48 Å². The molecule has 0 saturated heterocycles. The first-order chi connectivity index (χ1) is 29.4. The van der Waals surface area contributed by atoms with Crippen molar-refractivity contribution < 1.29 is 0 Å². The second kappa shape index (κ2) is 15.8. The van der Waals surface area contributed by atoms with E-state index in [-0.39, 0.29) is 0 Å². The highest BCUT2D eigenvalue weighted by Crippen LogP contribution is 2.51. The third-order valence-electron chi connectivity index (χ3n) is 12.8. The number of para-hydroxylation sites is 2. The smallest absolute Gasteiger partial charge is 0.0543 e. The zero-order valence-electron chi connectivity index (χ0n) is 35.1. The second-order valence-corrected chi connectivity index (χ2v) is 17.1. The summed E-state index contributed by atoms with van der Waals surface area (Å²) in [5.41, 5.74) is 16.9. The van der Waals surface area contributed by atoms with Crippen LogP contribution in [0.1, 0.15) is 79.7 Å². The van der Waals surface area contributed by atoms with Crippen LogP contribution in [-0.2, 0) is 12.8 Å². The lowest BCUT2D eigenvalue weighted by atomic mass is 9.78. The predicted molar refractivity (Wildman–Crippen MR) is 257 cm³/mol. The largest absolute Gasteiger partial charge is 0.311 e. The van der Waals surface area contributed by atoms with Crippen LogP contribution in [0.2, 0.25) is 0 Å². The van der Waals surface area contributed by atoms with Crippen molar-refractivity contribution in [2.24, 2.45) is 0 Å². The highest BCUT2D eigenvalue weighted by atomic mass is 15.2. The maximum Gasteiger partial charge on any atom is 0.0543 e. The van der Waals surface area contributed by atoms with Crippen LogP contribution in [0.15, 0.2) is 194 Å². The third-order valence-corrected chi connectivity index (χ3v) is 12.8. The molecule has 0 N–H and O–H groups in total. The van der Waals surface area contributed by atoms with Gasteiger partial charge in [0.2, 0.25) is 0 Å². The quantitative estimate of drug-likeness (QED) is 0.128. The van der Waals surface area contributed by atoms with E-state index in [1.807, 2.05) is 0 Å². The number of aryl methyl sites for hydroxylation is 2. The summed E-state index contributed by atoms with van der Waals surface area (Å²) in [6, 6.07) is 62.6. The third kappa shape index (κ3) is 6.71. The average molecular weight is 777 g/mol. The summed E-state index contributed by atoms with van der Waals surface area (Å²) in [4.78, 5) is 5.05. The normalized spacial score (nSPS) is 14.6. The fourth-order valence-electron chi connectivity index (χ4n) is 9.89. The first kappa shape index (κ1) is 37.6. The molecular formula is C58H52N2. The van der Waals surface area contributed by atoms with E-state index >= 15 is 0 Å². The molecule has 2 aliphatic rings. The lowest BCUT2D eigenvalue weighted by Crippen LogP contribution is -2.21. The molecular weight excluding hydrogens is 725 g/mol. The van der Waals surface area contributed by atoms with Crippen molar-refractivity contribution in [3.8, 4) is 11.1 Å². The number of benzene rings is 8. The molecule has 0 heterocycles. The molecule has 8 aromatic rings. The van der Waals surface area contributed by atoms with Gasteiger partial charge in [-0.3, -0.25) is 0 Å². The van der Waals surface area contributed by atoms with E-state index in [2.05, 4.69) is 226 Å². The summed E-state index contributed by atoms with van der Waals surface area (Å²) < 4.78 is 0. The van der Waals surface area contributed by atoms with Crippen molar-refractivity contribution in [2.75, 3.05) is 9.80 Å². The predicted octanol–water partition coefficient (Wildman–Crippen LogP) is 16.2. The van der Waals surface area contributed by atoms with Crippen molar-refractivity contribution >= 4 is 50.0 Å². The highest BCUT2D eigenvalue weighted by Gasteiger charge is 2.30. The molecule has 0 amide bonds. The number of allylic oxidation sites excluding steroid dienone is 3. The minimum Gasteiger partial charge on any atom is -0.311 e. The summed E-state index contributed by atoms with van der Waals surface area (Å²) in [6.07, 6.45) is 10.2. The summed E-state index contributed by atoms with van der Waals surface area (Å²) in [7, 11) is 0. The van der Waals surface area contributed by atoms with Gasteiger partial charge in [0, 0.05) is 34.1 Å². The summed E-state index contributed by atoms with van der Waals surface area (Å²) in [5.74, 6) is 1.07. The minimum absolute atomic E-state index is 0.341. The molecule has 2 nitrogen and oxygen atoms in total.